The minimum atomic E-state index is 0.484. The summed E-state index contributed by atoms with van der Waals surface area (Å²) in [5, 5.41) is 2.58. The molecule has 1 N–H and O–H groups in total. The van der Waals surface area contributed by atoms with Gasteiger partial charge in [0.05, 0.1) is 5.52 Å². The van der Waals surface area contributed by atoms with Crippen molar-refractivity contribution in [1.29, 1.82) is 0 Å². The molecule has 0 unspecified atom stereocenters. The van der Waals surface area contributed by atoms with E-state index in [0.717, 1.165) is 5.52 Å². The predicted octanol–water partition coefficient (Wildman–Crippen LogP) is 6.63. The zero-order chi connectivity index (χ0) is 17.6. The molecule has 2 aromatic heterocycles. The number of hydrogen-bond acceptors (Lipinski definition) is 1. The molecule has 0 spiro atoms. The molecule has 0 aliphatic heterocycles. The van der Waals surface area contributed by atoms with Crippen LogP contribution in [0.3, 0.4) is 0 Å². The molecule has 0 saturated heterocycles. The van der Waals surface area contributed by atoms with Gasteiger partial charge in [-0.05, 0) is 64.4 Å². The van der Waals surface area contributed by atoms with Crippen LogP contribution in [-0.4, -0.2) is 9.97 Å². The lowest BCUT2D eigenvalue weighted by molar-refractivity contribution is 0.874. The van der Waals surface area contributed by atoms with Crippen molar-refractivity contribution in [2.75, 3.05) is 0 Å². The normalized spacial score (nSPS) is 11.9. The SMILES string of the molecule is CC(C)c1ccnc2ccc(-c3cc(C(C)C)c4cc[nH]c4c3)cc12. The number of aromatic amines is 1. The van der Waals surface area contributed by atoms with E-state index < -0.39 is 0 Å². The van der Waals surface area contributed by atoms with E-state index in [2.05, 4.69) is 80.1 Å². The van der Waals surface area contributed by atoms with Crippen molar-refractivity contribution in [1.82, 2.24) is 9.97 Å². The van der Waals surface area contributed by atoms with Crippen molar-refractivity contribution in [3.05, 3.63) is 66.0 Å². The lowest BCUT2D eigenvalue weighted by Crippen LogP contribution is -1.93. The van der Waals surface area contributed by atoms with Gasteiger partial charge in [0, 0.05) is 28.7 Å². The highest BCUT2D eigenvalue weighted by atomic mass is 14.7. The van der Waals surface area contributed by atoms with Gasteiger partial charge in [-0.2, -0.15) is 0 Å². The number of hydrogen-bond donors (Lipinski definition) is 1. The summed E-state index contributed by atoms with van der Waals surface area (Å²) in [6.07, 6.45) is 3.95. The van der Waals surface area contributed by atoms with Gasteiger partial charge in [0.15, 0.2) is 0 Å². The van der Waals surface area contributed by atoms with Gasteiger partial charge in [-0.1, -0.05) is 39.8 Å². The number of benzene rings is 2. The molecule has 4 aromatic rings. The zero-order valence-corrected chi connectivity index (χ0v) is 15.3. The lowest BCUT2D eigenvalue weighted by Gasteiger charge is -2.13. The molecule has 25 heavy (non-hydrogen) atoms. The van der Waals surface area contributed by atoms with E-state index >= 15 is 0 Å². The van der Waals surface area contributed by atoms with Crippen molar-refractivity contribution in [3.63, 3.8) is 0 Å². The van der Waals surface area contributed by atoms with Crippen LogP contribution in [0.1, 0.15) is 50.7 Å². The average Bonchev–Trinajstić information content (AvgIpc) is 3.08. The van der Waals surface area contributed by atoms with Crippen molar-refractivity contribution in [2.45, 2.75) is 39.5 Å². The Labute approximate surface area is 148 Å². The molecule has 0 bridgehead atoms. The number of nitrogens with zero attached hydrogens (tertiary/aromatic N) is 1. The number of aromatic nitrogens is 2. The van der Waals surface area contributed by atoms with Gasteiger partial charge in [-0.3, -0.25) is 4.98 Å². The number of pyridine rings is 1. The lowest BCUT2D eigenvalue weighted by atomic mass is 9.92. The summed E-state index contributed by atoms with van der Waals surface area (Å²) in [4.78, 5) is 7.92. The summed E-state index contributed by atoms with van der Waals surface area (Å²) in [7, 11) is 0. The van der Waals surface area contributed by atoms with E-state index in [1.807, 2.05) is 12.4 Å². The fourth-order valence-electron chi connectivity index (χ4n) is 3.69. The maximum absolute atomic E-state index is 4.54. The van der Waals surface area contributed by atoms with Gasteiger partial charge in [0.25, 0.3) is 0 Å². The Bertz CT molecular complexity index is 1050. The first kappa shape index (κ1) is 15.9. The van der Waals surface area contributed by atoms with Gasteiger partial charge in [-0.25, -0.2) is 0 Å². The van der Waals surface area contributed by atoms with Crippen molar-refractivity contribution >= 4 is 21.8 Å². The van der Waals surface area contributed by atoms with Crippen LogP contribution in [0.2, 0.25) is 0 Å². The third-order valence-electron chi connectivity index (χ3n) is 5.05. The van der Waals surface area contributed by atoms with Gasteiger partial charge >= 0.3 is 0 Å². The van der Waals surface area contributed by atoms with Gasteiger partial charge in [0.2, 0.25) is 0 Å². The molecule has 2 nitrogen and oxygen atoms in total. The molecule has 0 saturated carbocycles. The van der Waals surface area contributed by atoms with Crippen LogP contribution in [0, 0.1) is 0 Å². The van der Waals surface area contributed by atoms with Crippen LogP contribution < -0.4 is 0 Å². The Morgan fingerprint density at radius 3 is 2.32 bits per heavy atom. The highest BCUT2D eigenvalue weighted by Crippen LogP contribution is 2.33. The second-order valence-electron chi connectivity index (χ2n) is 7.45. The third-order valence-corrected chi connectivity index (χ3v) is 5.05. The van der Waals surface area contributed by atoms with Crippen LogP contribution in [0.25, 0.3) is 32.9 Å². The van der Waals surface area contributed by atoms with Crippen LogP contribution in [0.4, 0.5) is 0 Å². The fourth-order valence-corrected chi connectivity index (χ4v) is 3.69. The summed E-state index contributed by atoms with van der Waals surface area (Å²) in [5.41, 5.74) is 7.54. The summed E-state index contributed by atoms with van der Waals surface area (Å²) >= 11 is 0. The summed E-state index contributed by atoms with van der Waals surface area (Å²) in [6, 6.07) is 15.5. The molecule has 2 heteroatoms. The van der Waals surface area contributed by atoms with E-state index in [-0.39, 0.29) is 0 Å². The number of nitrogens with one attached hydrogen (secondary N) is 1. The third kappa shape index (κ3) is 2.72. The topological polar surface area (TPSA) is 28.7 Å². The van der Waals surface area contributed by atoms with E-state index in [9.17, 15) is 0 Å². The Hall–Kier alpha value is -2.61. The minimum Gasteiger partial charge on any atom is -0.361 e. The van der Waals surface area contributed by atoms with Gasteiger partial charge in [-0.15, -0.1) is 0 Å². The molecule has 0 aliphatic carbocycles. The summed E-state index contributed by atoms with van der Waals surface area (Å²) < 4.78 is 0. The molecule has 4 rings (SSSR count). The second-order valence-corrected chi connectivity index (χ2v) is 7.45. The molecule has 0 amide bonds. The summed E-state index contributed by atoms with van der Waals surface area (Å²) in [5.74, 6) is 0.976. The minimum absolute atomic E-state index is 0.484. The van der Waals surface area contributed by atoms with E-state index in [4.69, 9.17) is 0 Å². The van der Waals surface area contributed by atoms with Crippen LogP contribution in [-0.2, 0) is 0 Å². The Balaban J connectivity index is 1.95. The molecule has 0 fully saturated rings. The van der Waals surface area contributed by atoms with E-state index in [1.165, 1.54) is 38.5 Å². The quantitative estimate of drug-likeness (QED) is 0.449. The maximum Gasteiger partial charge on any atom is 0.0705 e. The van der Waals surface area contributed by atoms with Crippen molar-refractivity contribution in [3.8, 4) is 11.1 Å². The average molecular weight is 328 g/mol. The predicted molar refractivity (Wildman–Crippen MR) is 107 cm³/mol. The number of H-pyrrole nitrogens is 1. The molecular formula is C23H24N2. The van der Waals surface area contributed by atoms with Crippen molar-refractivity contribution < 1.29 is 0 Å². The zero-order valence-electron chi connectivity index (χ0n) is 15.3. The smallest absolute Gasteiger partial charge is 0.0705 e. The first-order valence-corrected chi connectivity index (χ1v) is 9.04. The van der Waals surface area contributed by atoms with Crippen LogP contribution in [0.5, 0.6) is 0 Å². The highest BCUT2D eigenvalue weighted by molar-refractivity contribution is 5.92. The van der Waals surface area contributed by atoms with E-state index in [1.54, 1.807) is 0 Å². The molecule has 126 valence electrons. The molecule has 0 atom stereocenters. The number of fused-ring (bicyclic) bond motifs is 2. The maximum atomic E-state index is 4.54. The van der Waals surface area contributed by atoms with Crippen molar-refractivity contribution in [2.24, 2.45) is 0 Å². The van der Waals surface area contributed by atoms with E-state index in [0.29, 0.717) is 11.8 Å². The molecule has 2 aromatic carbocycles. The van der Waals surface area contributed by atoms with Gasteiger partial charge < -0.3 is 4.98 Å². The van der Waals surface area contributed by atoms with Gasteiger partial charge in [0.1, 0.15) is 0 Å². The van der Waals surface area contributed by atoms with Crippen LogP contribution >= 0.6 is 0 Å². The first-order valence-electron chi connectivity index (χ1n) is 9.04. The molecule has 0 aliphatic rings. The molecule has 2 heterocycles. The Kier molecular flexibility index (Phi) is 3.84. The number of rotatable bonds is 3. The molecular weight excluding hydrogens is 304 g/mol. The fraction of sp³-hybridized carbons (Fsp3) is 0.261. The highest BCUT2D eigenvalue weighted by Gasteiger charge is 2.12. The molecule has 0 radical (unpaired) electrons. The second kappa shape index (κ2) is 6.03. The largest absolute Gasteiger partial charge is 0.361 e. The summed E-state index contributed by atoms with van der Waals surface area (Å²) in [6.45, 7) is 8.99. The van der Waals surface area contributed by atoms with Crippen LogP contribution in [0.15, 0.2) is 54.9 Å². The first-order chi connectivity index (χ1) is 12.0. The standard InChI is InChI=1S/C23H24N2/c1-14(2)18-7-9-24-22-6-5-16(11-21(18)22)17-12-20(15(3)4)19-8-10-25-23(19)13-17/h5-15,25H,1-4H3. The monoisotopic (exact) mass is 328 g/mol. The Morgan fingerprint density at radius 1 is 0.760 bits per heavy atom. The Morgan fingerprint density at radius 2 is 1.56 bits per heavy atom.